The summed E-state index contributed by atoms with van der Waals surface area (Å²) in [6.45, 7) is 9.73. The first-order chi connectivity index (χ1) is 14.9. The van der Waals surface area contributed by atoms with Crippen molar-refractivity contribution >= 4 is 28.5 Å². The zero-order chi connectivity index (χ0) is 22.6. The molecule has 1 heterocycles. The van der Waals surface area contributed by atoms with Gasteiger partial charge in [-0.3, -0.25) is 0 Å². The van der Waals surface area contributed by atoms with Crippen molar-refractivity contribution in [1.82, 2.24) is 0 Å². The highest BCUT2D eigenvalue weighted by atomic mass is 35.5. The third-order valence-electron chi connectivity index (χ3n) is 4.12. The molecule has 0 saturated carbocycles. The van der Waals surface area contributed by atoms with Crippen molar-refractivity contribution in [2.45, 2.75) is 13.8 Å². The highest BCUT2D eigenvalue weighted by Gasteiger charge is 2.10. The molecule has 2 aromatic rings. The third-order valence-corrected chi connectivity index (χ3v) is 4.56. The average Bonchev–Trinajstić information content (AvgIpc) is 2.75. The van der Waals surface area contributed by atoms with Crippen LogP contribution in [-0.4, -0.2) is 58.8 Å². The molecule has 0 N–H and O–H groups in total. The Morgan fingerprint density at radius 1 is 1.00 bits per heavy atom. The number of carbonyl (C=O) groups excluding carboxylic acids is 1. The summed E-state index contributed by atoms with van der Waals surface area (Å²) in [6, 6.07) is 5.24. The van der Waals surface area contributed by atoms with E-state index in [1.165, 1.54) is 0 Å². The summed E-state index contributed by atoms with van der Waals surface area (Å²) < 4.78 is 31.8. The molecule has 2 rings (SSSR count). The summed E-state index contributed by atoms with van der Waals surface area (Å²) in [5, 5.41) is 0.856. The molecule has 0 aliphatic heterocycles. The average molecular weight is 455 g/mol. The van der Waals surface area contributed by atoms with Gasteiger partial charge in [-0.15, -0.1) is 0 Å². The van der Waals surface area contributed by atoms with Gasteiger partial charge in [0.2, 0.25) is 0 Å². The van der Waals surface area contributed by atoms with Crippen LogP contribution in [0.25, 0.3) is 11.0 Å². The van der Waals surface area contributed by atoms with Crippen LogP contribution in [-0.2, 0) is 23.7 Å². The van der Waals surface area contributed by atoms with Gasteiger partial charge in [-0.1, -0.05) is 18.2 Å². The Labute approximate surface area is 185 Å². The summed E-state index contributed by atoms with van der Waals surface area (Å²) in [5.41, 5.74) is 0.901. The van der Waals surface area contributed by atoms with Gasteiger partial charge in [-0.05, 0) is 31.5 Å². The molecule has 1 aromatic carbocycles. The third kappa shape index (κ3) is 8.34. The number of esters is 1. The van der Waals surface area contributed by atoms with Crippen molar-refractivity contribution in [3.63, 3.8) is 0 Å². The fraction of sp³-hybridized carbons (Fsp3) is 0.455. The Morgan fingerprint density at radius 3 is 2.19 bits per heavy atom. The minimum Gasteiger partial charge on any atom is -0.491 e. The lowest BCUT2D eigenvalue weighted by molar-refractivity contribution is -0.140. The molecule has 0 atom stereocenters. The molecule has 0 aliphatic carbocycles. The van der Waals surface area contributed by atoms with Gasteiger partial charge in [0.05, 0.1) is 39.6 Å². The predicted octanol–water partition coefficient (Wildman–Crippen LogP) is 3.30. The molecule has 0 radical (unpaired) electrons. The fourth-order valence-corrected chi connectivity index (χ4v) is 2.62. The number of ether oxygens (including phenoxy) is 5. The van der Waals surface area contributed by atoms with E-state index in [2.05, 4.69) is 6.58 Å². The van der Waals surface area contributed by atoms with E-state index in [1.54, 1.807) is 32.0 Å². The fourth-order valence-electron chi connectivity index (χ4n) is 2.48. The van der Waals surface area contributed by atoms with Crippen LogP contribution in [0.2, 0.25) is 5.02 Å². The van der Waals surface area contributed by atoms with Gasteiger partial charge >= 0.3 is 11.6 Å². The second kappa shape index (κ2) is 13.1. The molecule has 8 nitrogen and oxygen atoms in total. The highest BCUT2D eigenvalue weighted by molar-refractivity contribution is 6.31. The van der Waals surface area contributed by atoms with E-state index in [4.69, 9.17) is 39.7 Å². The van der Waals surface area contributed by atoms with Crippen LogP contribution in [0.5, 0.6) is 5.75 Å². The lowest BCUT2D eigenvalue weighted by Crippen LogP contribution is -2.15. The van der Waals surface area contributed by atoms with Crippen LogP contribution >= 0.6 is 11.6 Å². The van der Waals surface area contributed by atoms with E-state index < -0.39 is 11.6 Å². The first-order valence-corrected chi connectivity index (χ1v) is 10.2. The normalized spacial score (nSPS) is 10.9. The molecule has 31 heavy (non-hydrogen) atoms. The van der Waals surface area contributed by atoms with Crippen LogP contribution in [0.1, 0.15) is 12.5 Å². The van der Waals surface area contributed by atoms with Crippen molar-refractivity contribution in [1.29, 1.82) is 0 Å². The minimum atomic E-state index is -0.566. The van der Waals surface area contributed by atoms with Crippen molar-refractivity contribution in [3.8, 4) is 5.75 Å². The summed E-state index contributed by atoms with van der Waals surface area (Å²) in [5.74, 6) is 0.150. The maximum atomic E-state index is 11.7. The molecule has 0 spiro atoms. The lowest BCUT2D eigenvalue weighted by Gasteiger charge is -2.09. The van der Waals surface area contributed by atoms with Crippen molar-refractivity contribution < 1.29 is 32.9 Å². The second-order valence-electron chi connectivity index (χ2n) is 6.59. The number of hydrogen-bond acceptors (Lipinski definition) is 8. The minimum absolute atomic E-state index is 0.0902. The monoisotopic (exact) mass is 454 g/mol. The van der Waals surface area contributed by atoms with E-state index in [-0.39, 0.29) is 11.6 Å². The van der Waals surface area contributed by atoms with Crippen LogP contribution < -0.4 is 10.4 Å². The Kier molecular flexibility index (Phi) is 10.5. The van der Waals surface area contributed by atoms with Crippen molar-refractivity contribution in [2.24, 2.45) is 0 Å². The molecule has 0 unspecified atom stereocenters. The highest BCUT2D eigenvalue weighted by Crippen LogP contribution is 2.25. The topological polar surface area (TPSA) is 93.4 Å². The van der Waals surface area contributed by atoms with E-state index in [9.17, 15) is 9.59 Å². The van der Waals surface area contributed by atoms with Crippen molar-refractivity contribution in [3.05, 3.63) is 51.4 Å². The largest absolute Gasteiger partial charge is 0.491 e. The molecular weight excluding hydrogens is 428 g/mol. The molecule has 0 fully saturated rings. The SMILES string of the molecule is C=C(C)C(=O)OCCOCCOCCOCCOc1ccc2c(C)c(Cl)c(=O)oc2c1. The molecule has 1 aromatic heterocycles. The molecule has 9 heteroatoms. The van der Waals surface area contributed by atoms with E-state index >= 15 is 0 Å². The first-order valence-electron chi connectivity index (χ1n) is 9.81. The number of halogens is 1. The first kappa shape index (κ1) is 24.9. The van der Waals surface area contributed by atoms with E-state index in [1.807, 2.05) is 0 Å². The summed E-state index contributed by atoms with van der Waals surface area (Å²) in [4.78, 5) is 22.8. The van der Waals surface area contributed by atoms with Gasteiger partial charge in [0.15, 0.2) is 0 Å². The van der Waals surface area contributed by atoms with Gasteiger partial charge < -0.3 is 28.1 Å². The van der Waals surface area contributed by atoms with Gasteiger partial charge in [0.1, 0.15) is 29.6 Å². The summed E-state index contributed by atoms with van der Waals surface area (Å²) in [6.07, 6.45) is 0. The second-order valence-corrected chi connectivity index (χ2v) is 6.97. The zero-order valence-electron chi connectivity index (χ0n) is 17.7. The number of fused-ring (bicyclic) bond motifs is 1. The maximum Gasteiger partial charge on any atom is 0.355 e. The molecule has 0 bridgehead atoms. The van der Waals surface area contributed by atoms with E-state index in [0.717, 1.165) is 5.39 Å². The Hall–Kier alpha value is -2.39. The van der Waals surface area contributed by atoms with Gasteiger partial charge in [0, 0.05) is 17.0 Å². The maximum absolute atomic E-state index is 11.7. The van der Waals surface area contributed by atoms with Gasteiger partial charge in [-0.2, -0.15) is 0 Å². The number of benzene rings is 1. The smallest absolute Gasteiger partial charge is 0.355 e. The van der Waals surface area contributed by atoms with Crippen LogP contribution in [0.3, 0.4) is 0 Å². The van der Waals surface area contributed by atoms with Crippen LogP contribution in [0.15, 0.2) is 39.6 Å². The van der Waals surface area contributed by atoms with Crippen LogP contribution in [0.4, 0.5) is 0 Å². The van der Waals surface area contributed by atoms with E-state index in [0.29, 0.717) is 68.7 Å². The molecular formula is C22H27ClO8. The number of carbonyl (C=O) groups is 1. The zero-order valence-corrected chi connectivity index (χ0v) is 18.5. The van der Waals surface area contributed by atoms with Gasteiger partial charge in [0.25, 0.3) is 0 Å². The van der Waals surface area contributed by atoms with Gasteiger partial charge in [-0.25, -0.2) is 9.59 Å². The summed E-state index contributed by atoms with van der Waals surface area (Å²) in [7, 11) is 0. The molecule has 0 saturated heterocycles. The quantitative estimate of drug-likeness (QED) is 0.186. The van der Waals surface area contributed by atoms with Crippen molar-refractivity contribution in [2.75, 3.05) is 52.9 Å². The molecule has 0 aliphatic rings. The number of hydrogen-bond donors (Lipinski definition) is 0. The Bertz CT molecular complexity index is 937. The number of rotatable bonds is 14. The Balaban J connectivity index is 1.50. The standard InChI is InChI=1S/C22H27ClO8/c1-15(2)21(24)30-13-11-28-9-7-26-6-8-27-10-12-29-17-4-5-18-16(3)20(23)22(25)31-19(18)14-17/h4-5,14H,1,6-13H2,2-3H3. The number of aryl methyl sites for hydroxylation is 1. The van der Waals surface area contributed by atoms with Crippen LogP contribution in [0, 0.1) is 6.92 Å². The summed E-state index contributed by atoms with van der Waals surface area (Å²) >= 11 is 5.92. The molecule has 170 valence electrons. The Morgan fingerprint density at radius 2 is 1.58 bits per heavy atom. The molecule has 0 amide bonds. The lowest BCUT2D eigenvalue weighted by atomic mass is 10.1. The predicted molar refractivity (Wildman–Crippen MR) is 116 cm³/mol.